The highest BCUT2D eigenvalue weighted by molar-refractivity contribution is 7.89. The number of likely N-dealkylation sites (N-methyl/N-ethyl adjacent to an activating group) is 2. The van der Waals surface area contributed by atoms with Crippen LogP contribution < -0.4 is 5.32 Å². The second-order valence-electron chi connectivity index (χ2n) is 4.53. The van der Waals surface area contributed by atoms with Crippen molar-refractivity contribution in [3.05, 3.63) is 29.6 Å². The maximum atomic E-state index is 13.8. The van der Waals surface area contributed by atoms with Gasteiger partial charge in [0.1, 0.15) is 10.7 Å². The molecule has 0 aromatic heterocycles. The lowest BCUT2D eigenvalue weighted by Crippen LogP contribution is -2.40. The number of carbonyl (C=O) groups is 1. The molecule has 0 atom stereocenters. The molecular formula is C13H16F4N2O3S. The number of hydrogen-bond acceptors (Lipinski definition) is 3. The lowest BCUT2D eigenvalue weighted by molar-refractivity contribution is -0.137. The lowest BCUT2D eigenvalue weighted by atomic mass is 10.2. The molecule has 10 heteroatoms. The standard InChI is InChI=1S/C13H16F4N2O3S/c1-3-18-12(20)8-19(4-2)23(21,22)11-7-9(13(15,16)17)5-6-10(11)14/h5-7H,3-4,8H2,1-2H3,(H,18,20). The van der Waals surface area contributed by atoms with E-state index < -0.39 is 44.9 Å². The van der Waals surface area contributed by atoms with Crippen LogP contribution in [0.1, 0.15) is 19.4 Å². The van der Waals surface area contributed by atoms with Gasteiger partial charge in [0.05, 0.1) is 12.1 Å². The zero-order valence-corrected chi connectivity index (χ0v) is 13.3. The highest BCUT2D eigenvalue weighted by Gasteiger charge is 2.35. The number of rotatable bonds is 6. The summed E-state index contributed by atoms with van der Waals surface area (Å²) >= 11 is 0. The highest BCUT2D eigenvalue weighted by atomic mass is 32.2. The van der Waals surface area contributed by atoms with Crippen molar-refractivity contribution < 1.29 is 30.8 Å². The predicted molar refractivity (Wildman–Crippen MR) is 74.5 cm³/mol. The van der Waals surface area contributed by atoms with Gasteiger partial charge in [0, 0.05) is 13.1 Å². The predicted octanol–water partition coefficient (Wildman–Crippen LogP) is 1.99. The van der Waals surface area contributed by atoms with Crippen molar-refractivity contribution in [2.75, 3.05) is 19.6 Å². The molecule has 1 aromatic rings. The van der Waals surface area contributed by atoms with Gasteiger partial charge in [-0.15, -0.1) is 0 Å². The van der Waals surface area contributed by atoms with E-state index in [0.29, 0.717) is 16.4 Å². The van der Waals surface area contributed by atoms with Gasteiger partial charge in [-0.05, 0) is 25.1 Å². The summed E-state index contributed by atoms with van der Waals surface area (Å²) in [5.74, 6) is -1.95. The van der Waals surface area contributed by atoms with Gasteiger partial charge in [0.25, 0.3) is 0 Å². The van der Waals surface area contributed by atoms with E-state index in [1.165, 1.54) is 6.92 Å². The average Bonchev–Trinajstić information content (AvgIpc) is 2.43. The van der Waals surface area contributed by atoms with E-state index in [1.54, 1.807) is 6.92 Å². The summed E-state index contributed by atoms with van der Waals surface area (Å²) in [6.07, 6.45) is -4.81. The fourth-order valence-electron chi connectivity index (χ4n) is 1.80. The van der Waals surface area contributed by atoms with Gasteiger partial charge in [-0.25, -0.2) is 12.8 Å². The number of benzene rings is 1. The largest absolute Gasteiger partial charge is 0.416 e. The van der Waals surface area contributed by atoms with E-state index in [2.05, 4.69) is 5.32 Å². The Morgan fingerprint density at radius 3 is 2.35 bits per heavy atom. The summed E-state index contributed by atoms with van der Waals surface area (Å²) in [5.41, 5.74) is -1.29. The topological polar surface area (TPSA) is 66.5 Å². The summed E-state index contributed by atoms with van der Waals surface area (Å²) in [7, 11) is -4.58. The fourth-order valence-corrected chi connectivity index (χ4v) is 3.29. The quantitative estimate of drug-likeness (QED) is 0.793. The zero-order valence-electron chi connectivity index (χ0n) is 12.4. The van der Waals surface area contributed by atoms with Crippen molar-refractivity contribution in [1.82, 2.24) is 9.62 Å². The molecule has 5 nitrogen and oxygen atoms in total. The van der Waals surface area contributed by atoms with Gasteiger partial charge in [0.15, 0.2) is 0 Å². The lowest BCUT2D eigenvalue weighted by Gasteiger charge is -2.21. The van der Waals surface area contributed by atoms with Crippen molar-refractivity contribution in [3.63, 3.8) is 0 Å². The Morgan fingerprint density at radius 1 is 1.26 bits per heavy atom. The molecule has 0 heterocycles. The van der Waals surface area contributed by atoms with Crippen LogP contribution in [-0.4, -0.2) is 38.3 Å². The van der Waals surface area contributed by atoms with Crippen LogP contribution in [-0.2, 0) is 21.0 Å². The Balaban J connectivity index is 3.27. The van der Waals surface area contributed by atoms with Crippen molar-refractivity contribution in [2.45, 2.75) is 24.9 Å². The molecule has 0 aliphatic rings. The minimum Gasteiger partial charge on any atom is -0.355 e. The number of nitrogens with one attached hydrogen (secondary N) is 1. The molecule has 0 bridgehead atoms. The smallest absolute Gasteiger partial charge is 0.355 e. The van der Waals surface area contributed by atoms with E-state index in [1.807, 2.05) is 0 Å². The van der Waals surface area contributed by atoms with Crippen molar-refractivity contribution in [2.24, 2.45) is 0 Å². The third-order valence-electron chi connectivity index (χ3n) is 2.92. The number of sulfonamides is 1. The van der Waals surface area contributed by atoms with E-state index in [9.17, 15) is 30.8 Å². The Hall–Kier alpha value is -1.68. The van der Waals surface area contributed by atoms with Crippen molar-refractivity contribution >= 4 is 15.9 Å². The third kappa shape index (κ3) is 4.64. The summed E-state index contributed by atoms with van der Waals surface area (Å²) in [6, 6.07) is 1.12. The van der Waals surface area contributed by atoms with Crippen LogP contribution >= 0.6 is 0 Å². The fraction of sp³-hybridized carbons (Fsp3) is 0.462. The van der Waals surface area contributed by atoms with Gasteiger partial charge in [-0.2, -0.15) is 17.5 Å². The average molecular weight is 356 g/mol. The summed E-state index contributed by atoms with van der Waals surface area (Å²) in [5, 5.41) is 2.37. The molecule has 0 unspecified atom stereocenters. The first-order valence-corrected chi connectivity index (χ1v) is 8.11. The molecule has 130 valence electrons. The van der Waals surface area contributed by atoms with Crippen LogP contribution in [0.4, 0.5) is 17.6 Å². The normalized spacial score (nSPS) is 12.5. The van der Waals surface area contributed by atoms with Gasteiger partial charge in [-0.1, -0.05) is 6.92 Å². The molecule has 0 aliphatic heterocycles. The number of hydrogen-bond donors (Lipinski definition) is 1. The third-order valence-corrected chi connectivity index (χ3v) is 4.86. The Kier molecular flexibility index (Phi) is 6.11. The van der Waals surface area contributed by atoms with Crippen LogP contribution in [0.3, 0.4) is 0 Å². The van der Waals surface area contributed by atoms with Crippen molar-refractivity contribution in [3.8, 4) is 0 Å². The van der Waals surface area contributed by atoms with Crippen LogP contribution in [0, 0.1) is 5.82 Å². The number of carbonyl (C=O) groups excluding carboxylic acids is 1. The summed E-state index contributed by atoms with van der Waals surface area (Å²) in [4.78, 5) is 10.4. The second kappa shape index (κ2) is 7.26. The molecule has 0 saturated heterocycles. The maximum Gasteiger partial charge on any atom is 0.416 e. The monoisotopic (exact) mass is 356 g/mol. The molecule has 1 rings (SSSR count). The van der Waals surface area contributed by atoms with Gasteiger partial charge in [-0.3, -0.25) is 4.79 Å². The number of amides is 1. The Bertz CT molecular complexity index is 674. The van der Waals surface area contributed by atoms with Gasteiger partial charge >= 0.3 is 6.18 Å². The number of nitrogens with zero attached hydrogens (tertiary/aromatic N) is 1. The van der Waals surface area contributed by atoms with Gasteiger partial charge < -0.3 is 5.32 Å². The molecule has 1 aromatic carbocycles. The Morgan fingerprint density at radius 2 is 1.87 bits per heavy atom. The first-order chi connectivity index (χ1) is 10.5. The second-order valence-corrected chi connectivity index (χ2v) is 6.43. The molecule has 0 aliphatic carbocycles. The molecule has 0 saturated carbocycles. The molecule has 1 amide bonds. The molecule has 23 heavy (non-hydrogen) atoms. The summed E-state index contributed by atoms with van der Waals surface area (Å²) < 4.78 is 77.1. The van der Waals surface area contributed by atoms with E-state index in [0.717, 1.165) is 0 Å². The van der Waals surface area contributed by atoms with Crippen LogP contribution in [0.5, 0.6) is 0 Å². The minimum atomic E-state index is -4.81. The van der Waals surface area contributed by atoms with Gasteiger partial charge in [0.2, 0.25) is 15.9 Å². The number of halogens is 4. The minimum absolute atomic E-state index is 0.199. The SMILES string of the molecule is CCNC(=O)CN(CC)S(=O)(=O)c1cc(C(F)(F)F)ccc1F. The molecule has 0 fully saturated rings. The molecule has 0 radical (unpaired) electrons. The van der Waals surface area contributed by atoms with E-state index in [4.69, 9.17) is 0 Å². The highest BCUT2D eigenvalue weighted by Crippen LogP contribution is 2.32. The molecule has 0 spiro atoms. The van der Waals surface area contributed by atoms with Crippen LogP contribution in [0.25, 0.3) is 0 Å². The van der Waals surface area contributed by atoms with E-state index >= 15 is 0 Å². The van der Waals surface area contributed by atoms with Crippen molar-refractivity contribution in [1.29, 1.82) is 0 Å². The number of alkyl halides is 3. The van der Waals surface area contributed by atoms with Crippen LogP contribution in [0.2, 0.25) is 0 Å². The first kappa shape index (κ1) is 19.4. The zero-order chi connectivity index (χ0) is 17.8. The first-order valence-electron chi connectivity index (χ1n) is 6.67. The summed E-state index contributed by atoms with van der Waals surface area (Å²) in [6.45, 7) is 2.46. The Labute approximate surface area is 131 Å². The molecule has 1 N–H and O–H groups in total. The molecular weight excluding hydrogens is 340 g/mol. The van der Waals surface area contributed by atoms with E-state index in [-0.39, 0.29) is 19.2 Å². The van der Waals surface area contributed by atoms with Crippen LogP contribution in [0.15, 0.2) is 23.1 Å². The maximum absolute atomic E-state index is 13.8.